The second kappa shape index (κ2) is 6.43. The summed E-state index contributed by atoms with van der Waals surface area (Å²) in [5.74, 6) is 0.252. The molecule has 0 amide bonds. The quantitative estimate of drug-likeness (QED) is 0.380. The Bertz CT molecular complexity index is 514. The Balaban J connectivity index is 2.15. The number of amidine groups is 1. The molecule has 0 unspecified atom stereocenters. The SMILES string of the molecule is CC1CCC(Oc2ccc(/C(N)=N/O)c(Br)c2F)CC1. The molecule has 1 saturated carbocycles. The Labute approximate surface area is 125 Å². The van der Waals surface area contributed by atoms with Crippen LogP contribution in [0, 0.1) is 11.7 Å². The number of hydrogen-bond donors (Lipinski definition) is 2. The summed E-state index contributed by atoms with van der Waals surface area (Å²) in [6.07, 6.45) is 4.16. The Morgan fingerprint density at radius 2 is 2.05 bits per heavy atom. The summed E-state index contributed by atoms with van der Waals surface area (Å²) in [7, 11) is 0. The molecule has 0 spiro atoms. The molecule has 1 aromatic carbocycles. The lowest BCUT2D eigenvalue weighted by atomic mass is 9.89. The van der Waals surface area contributed by atoms with E-state index in [0.717, 1.165) is 31.6 Å². The minimum absolute atomic E-state index is 0.0577. The van der Waals surface area contributed by atoms with Gasteiger partial charge < -0.3 is 15.7 Å². The minimum atomic E-state index is -0.521. The molecule has 2 rings (SSSR count). The summed E-state index contributed by atoms with van der Waals surface area (Å²) in [6, 6.07) is 3.09. The molecule has 1 aliphatic carbocycles. The van der Waals surface area contributed by atoms with Gasteiger partial charge in [-0.3, -0.25) is 0 Å². The lowest BCUT2D eigenvalue weighted by Crippen LogP contribution is -2.23. The van der Waals surface area contributed by atoms with Crippen molar-refractivity contribution in [1.82, 2.24) is 0 Å². The molecule has 0 aromatic heterocycles. The van der Waals surface area contributed by atoms with Crippen LogP contribution < -0.4 is 10.5 Å². The van der Waals surface area contributed by atoms with Gasteiger partial charge in [-0.1, -0.05) is 12.1 Å². The Morgan fingerprint density at radius 1 is 1.40 bits per heavy atom. The zero-order valence-electron chi connectivity index (χ0n) is 11.3. The van der Waals surface area contributed by atoms with Gasteiger partial charge in [0.2, 0.25) is 0 Å². The number of rotatable bonds is 3. The predicted molar refractivity (Wildman–Crippen MR) is 78.7 cm³/mol. The maximum absolute atomic E-state index is 14.2. The highest BCUT2D eigenvalue weighted by molar-refractivity contribution is 9.10. The van der Waals surface area contributed by atoms with Crippen molar-refractivity contribution in [2.75, 3.05) is 0 Å². The lowest BCUT2D eigenvalue weighted by Gasteiger charge is -2.27. The van der Waals surface area contributed by atoms with Gasteiger partial charge in [0.1, 0.15) is 0 Å². The van der Waals surface area contributed by atoms with Crippen molar-refractivity contribution in [2.24, 2.45) is 16.8 Å². The van der Waals surface area contributed by atoms with Gasteiger partial charge in [-0.15, -0.1) is 0 Å². The number of halogens is 2. The molecule has 3 N–H and O–H groups in total. The summed E-state index contributed by atoms with van der Waals surface area (Å²) in [5, 5.41) is 11.5. The van der Waals surface area contributed by atoms with E-state index in [9.17, 15) is 4.39 Å². The number of oxime groups is 1. The first-order chi connectivity index (χ1) is 9.52. The molecule has 0 saturated heterocycles. The van der Waals surface area contributed by atoms with Crippen LogP contribution in [-0.2, 0) is 0 Å². The highest BCUT2D eigenvalue weighted by Crippen LogP contribution is 2.32. The highest BCUT2D eigenvalue weighted by atomic mass is 79.9. The molecule has 0 radical (unpaired) electrons. The van der Waals surface area contributed by atoms with Gasteiger partial charge in [0.05, 0.1) is 10.6 Å². The van der Waals surface area contributed by atoms with Crippen LogP contribution in [0.25, 0.3) is 0 Å². The summed E-state index contributed by atoms with van der Waals surface area (Å²) < 4.78 is 20.1. The molecular formula is C14H18BrFN2O2. The summed E-state index contributed by atoms with van der Waals surface area (Å²) in [5.41, 5.74) is 5.78. The van der Waals surface area contributed by atoms with Crippen LogP contribution in [0.4, 0.5) is 4.39 Å². The van der Waals surface area contributed by atoms with Crippen LogP contribution in [0.1, 0.15) is 38.2 Å². The molecule has 0 atom stereocenters. The lowest BCUT2D eigenvalue weighted by molar-refractivity contribution is 0.130. The Morgan fingerprint density at radius 3 is 2.65 bits per heavy atom. The first-order valence-electron chi connectivity index (χ1n) is 6.65. The zero-order chi connectivity index (χ0) is 14.7. The van der Waals surface area contributed by atoms with Crippen LogP contribution >= 0.6 is 15.9 Å². The van der Waals surface area contributed by atoms with E-state index in [2.05, 4.69) is 28.0 Å². The van der Waals surface area contributed by atoms with Crippen molar-refractivity contribution >= 4 is 21.8 Å². The third kappa shape index (κ3) is 3.23. The van der Waals surface area contributed by atoms with Crippen LogP contribution in [0.2, 0.25) is 0 Å². The predicted octanol–water partition coefficient (Wildman–Crippen LogP) is 3.64. The third-order valence-electron chi connectivity index (χ3n) is 3.69. The molecule has 110 valence electrons. The monoisotopic (exact) mass is 344 g/mol. The van der Waals surface area contributed by atoms with Gasteiger partial charge in [-0.05, 0) is 59.7 Å². The first kappa shape index (κ1) is 15.1. The molecule has 20 heavy (non-hydrogen) atoms. The number of benzene rings is 1. The molecule has 0 bridgehead atoms. The van der Waals surface area contributed by atoms with E-state index in [1.165, 1.54) is 6.07 Å². The van der Waals surface area contributed by atoms with E-state index in [4.69, 9.17) is 15.7 Å². The van der Waals surface area contributed by atoms with Crippen LogP contribution in [-0.4, -0.2) is 17.1 Å². The first-order valence-corrected chi connectivity index (χ1v) is 7.44. The van der Waals surface area contributed by atoms with Crippen molar-refractivity contribution in [3.63, 3.8) is 0 Å². The Kier molecular flexibility index (Phi) is 4.86. The summed E-state index contributed by atoms with van der Waals surface area (Å²) in [6.45, 7) is 2.22. The number of hydrogen-bond acceptors (Lipinski definition) is 3. The number of nitrogens with zero attached hydrogens (tertiary/aromatic N) is 1. The van der Waals surface area contributed by atoms with E-state index in [1.54, 1.807) is 6.07 Å². The standard InChI is InChI=1S/C14H18BrFN2O2/c1-8-2-4-9(5-3-8)20-11-7-6-10(14(17)18-19)12(15)13(11)16/h6-9,19H,2-5H2,1H3,(H2,17,18). The van der Waals surface area contributed by atoms with Crippen molar-refractivity contribution in [2.45, 2.75) is 38.7 Å². The second-order valence-electron chi connectivity index (χ2n) is 5.22. The molecule has 0 aliphatic heterocycles. The van der Waals surface area contributed by atoms with Crippen molar-refractivity contribution in [3.05, 3.63) is 28.0 Å². The molecule has 0 heterocycles. The van der Waals surface area contributed by atoms with E-state index in [0.29, 0.717) is 5.56 Å². The van der Waals surface area contributed by atoms with Gasteiger partial charge in [0, 0.05) is 5.56 Å². The summed E-state index contributed by atoms with van der Waals surface area (Å²) >= 11 is 3.12. The highest BCUT2D eigenvalue weighted by Gasteiger charge is 2.22. The maximum atomic E-state index is 14.2. The molecule has 6 heteroatoms. The normalized spacial score (nSPS) is 23.6. The van der Waals surface area contributed by atoms with E-state index in [-0.39, 0.29) is 22.2 Å². The van der Waals surface area contributed by atoms with E-state index >= 15 is 0 Å². The van der Waals surface area contributed by atoms with Crippen molar-refractivity contribution in [3.8, 4) is 5.75 Å². The molecule has 1 fully saturated rings. The van der Waals surface area contributed by atoms with E-state index in [1.807, 2.05) is 0 Å². The third-order valence-corrected chi connectivity index (χ3v) is 4.46. The summed E-state index contributed by atoms with van der Waals surface area (Å²) in [4.78, 5) is 0. The second-order valence-corrected chi connectivity index (χ2v) is 6.02. The van der Waals surface area contributed by atoms with Gasteiger partial charge in [-0.2, -0.15) is 0 Å². The average molecular weight is 345 g/mol. The Hall–Kier alpha value is -1.30. The van der Waals surface area contributed by atoms with Gasteiger partial charge in [0.25, 0.3) is 0 Å². The fourth-order valence-electron chi connectivity index (χ4n) is 2.40. The van der Waals surface area contributed by atoms with Crippen LogP contribution in [0.15, 0.2) is 21.8 Å². The van der Waals surface area contributed by atoms with Gasteiger partial charge in [0.15, 0.2) is 17.4 Å². The smallest absolute Gasteiger partial charge is 0.179 e. The topological polar surface area (TPSA) is 67.8 Å². The zero-order valence-corrected chi connectivity index (χ0v) is 12.9. The van der Waals surface area contributed by atoms with Gasteiger partial charge >= 0.3 is 0 Å². The molecular weight excluding hydrogens is 327 g/mol. The average Bonchev–Trinajstić information content (AvgIpc) is 2.45. The maximum Gasteiger partial charge on any atom is 0.179 e. The number of ether oxygens (including phenoxy) is 1. The van der Waals surface area contributed by atoms with E-state index < -0.39 is 5.82 Å². The minimum Gasteiger partial charge on any atom is -0.487 e. The fraction of sp³-hybridized carbons (Fsp3) is 0.500. The van der Waals surface area contributed by atoms with Crippen molar-refractivity contribution in [1.29, 1.82) is 0 Å². The fourth-order valence-corrected chi connectivity index (χ4v) is 2.93. The number of nitrogens with two attached hydrogens (primary N) is 1. The largest absolute Gasteiger partial charge is 0.487 e. The molecule has 1 aromatic rings. The van der Waals surface area contributed by atoms with Crippen LogP contribution in [0.3, 0.4) is 0 Å². The molecule has 1 aliphatic rings. The van der Waals surface area contributed by atoms with Crippen molar-refractivity contribution < 1.29 is 14.3 Å². The van der Waals surface area contributed by atoms with Crippen LogP contribution in [0.5, 0.6) is 5.75 Å². The van der Waals surface area contributed by atoms with Gasteiger partial charge in [-0.25, -0.2) is 4.39 Å². The molecule has 4 nitrogen and oxygen atoms in total.